The predicted molar refractivity (Wildman–Crippen MR) is 281 cm³/mol. The molecule has 0 aliphatic heterocycles. The van der Waals surface area contributed by atoms with Crippen LogP contribution >= 0.6 is 0 Å². The Morgan fingerprint density at radius 1 is 0.549 bits per heavy atom. The number of fused-ring (bicyclic) bond motifs is 2. The fourth-order valence-electron chi connectivity index (χ4n) is 8.66. The molecule has 3 fully saturated rings. The first-order chi connectivity index (χ1) is 34.3. The SMILES string of the molecule is CS(=O)(=O)Nc1c(-c2ccccc2)nc2ccccc2c1C(=O)O.N[C@H](c1ccccc1)C1CC1.O=C(N[C@H](c1ccccc1)C1CC1)c1c(NS(=O)(=O)C2CC2)c(-c2ccccc2)nc2ccccc12. The van der Waals surface area contributed by atoms with E-state index >= 15 is 0 Å². The summed E-state index contributed by atoms with van der Waals surface area (Å²) in [6, 6.07) is 52.9. The van der Waals surface area contributed by atoms with Gasteiger partial charge in [-0.15, -0.1) is 0 Å². The van der Waals surface area contributed by atoms with Gasteiger partial charge in [-0.25, -0.2) is 31.6 Å². The second-order valence-corrected chi connectivity index (χ2v) is 21.9. The van der Waals surface area contributed by atoms with Crippen molar-refractivity contribution in [3.05, 3.63) is 192 Å². The van der Waals surface area contributed by atoms with E-state index in [0.29, 0.717) is 57.4 Å². The van der Waals surface area contributed by atoms with Gasteiger partial charge in [0.15, 0.2) is 0 Å². The number of amides is 1. The van der Waals surface area contributed by atoms with Gasteiger partial charge in [0, 0.05) is 27.9 Å². The Morgan fingerprint density at radius 3 is 1.42 bits per heavy atom. The van der Waals surface area contributed by atoms with Crippen LogP contribution in [0.2, 0.25) is 0 Å². The molecule has 3 aliphatic carbocycles. The first-order valence-electron chi connectivity index (χ1n) is 23.6. The zero-order valence-electron chi connectivity index (χ0n) is 39.0. The summed E-state index contributed by atoms with van der Waals surface area (Å²) >= 11 is 0. The number of carbonyl (C=O) groups is 2. The second-order valence-electron chi connectivity index (χ2n) is 18.2. The number of nitrogens with two attached hydrogens (primary N) is 1. The smallest absolute Gasteiger partial charge is 0.338 e. The van der Waals surface area contributed by atoms with E-state index in [0.717, 1.165) is 36.1 Å². The molecule has 6 aromatic carbocycles. The van der Waals surface area contributed by atoms with Crippen LogP contribution in [-0.2, 0) is 20.0 Å². The highest BCUT2D eigenvalue weighted by atomic mass is 32.2. The molecule has 2 heterocycles. The van der Waals surface area contributed by atoms with Gasteiger partial charge in [0.1, 0.15) is 0 Å². The van der Waals surface area contributed by atoms with Crippen LogP contribution in [0, 0.1) is 11.8 Å². The lowest BCUT2D eigenvalue weighted by molar-refractivity contribution is 0.0699. The lowest BCUT2D eigenvalue weighted by Crippen LogP contribution is -2.31. The highest BCUT2D eigenvalue weighted by Crippen LogP contribution is 2.43. The third-order valence-corrected chi connectivity index (χ3v) is 15.1. The molecular weight excluding hydrogens is 933 g/mol. The molecule has 15 heteroatoms. The van der Waals surface area contributed by atoms with Crippen LogP contribution in [0.15, 0.2) is 170 Å². The van der Waals surface area contributed by atoms with Crippen LogP contribution in [0.25, 0.3) is 44.3 Å². The highest BCUT2D eigenvalue weighted by molar-refractivity contribution is 7.93. The molecule has 0 bridgehead atoms. The van der Waals surface area contributed by atoms with E-state index in [4.69, 9.17) is 10.7 Å². The Kier molecular flexibility index (Phi) is 14.3. The molecule has 6 N–H and O–H groups in total. The summed E-state index contributed by atoms with van der Waals surface area (Å²) in [4.78, 5) is 35.2. The average molecular weight is 987 g/mol. The molecule has 1 amide bonds. The van der Waals surface area contributed by atoms with E-state index in [1.165, 1.54) is 18.4 Å². The average Bonchev–Trinajstić information content (AvgIpc) is 4.19. The molecule has 2 aromatic heterocycles. The fourth-order valence-corrected chi connectivity index (χ4v) is 10.6. The molecule has 0 saturated heterocycles. The van der Waals surface area contributed by atoms with Gasteiger partial charge in [-0.2, -0.15) is 0 Å². The van der Waals surface area contributed by atoms with E-state index in [-0.39, 0.29) is 40.6 Å². The van der Waals surface area contributed by atoms with Crippen LogP contribution in [0.3, 0.4) is 0 Å². The molecule has 0 spiro atoms. The zero-order chi connectivity index (χ0) is 49.7. The third-order valence-electron chi connectivity index (χ3n) is 12.7. The number of nitrogens with one attached hydrogen (secondary N) is 3. The Hall–Kier alpha value is -7.46. The van der Waals surface area contributed by atoms with Crippen LogP contribution in [0.1, 0.15) is 82.5 Å². The predicted octanol–water partition coefficient (Wildman–Crippen LogP) is 10.8. The number of rotatable bonds is 14. The summed E-state index contributed by atoms with van der Waals surface area (Å²) in [5.74, 6) is -0.404. The van der Waals surface area contributed by atoms with Crippen molar-refractivity contribution < 1.29 is 31.5 Å². The number of carboxylic acids is 1. The number of aromatic carboxylic acids is 1. The molecule has 11 rings (SSSR count). The maximum Gasteiger partial charge on any atom is 0.338 e. The van der Waals surface area contributed by atoms with E-state index in [9.17, 15) is 31.5 Å². The van der Waals surface area contributed by atoms with Gasteiger partial charge < -0.3 is 16.2 Å². The number of nitrogens with zero attached hydrogens (tertiary/aromatic N) is 2. The Labute approximate surface area is 413 Å². The Bertz CT molecular complexity index is 3430. The van der Waals surface area contributed by atoms with E-state index in [1.54, 1.807) is 48.5 Å². The lowest BCUT2D eigenvalue weighted by Gasteiger charge is -2.22. The molecule has 2 atom stereocenters. The van der Waals surface area contributed by atoms with Crippen molar-refractivity contribution in [3.63, 3.8) is 0 Å². The van der Waals surface area contributed by atoms with Crippen molar-refractivity contribution in [2.24, 2.45) is 17.6 Å². The number of carboxylic acid groups (broad SMARTS) is 1. The maximum atomic E-state index is 14.1. The van der Waals surface area contributed by atoms with Gasteiger partial charge in [0.05, 0.1) is 62.5 Å². The third kappa shape index (κ3) is 11.8. The second kappa shape index (κ2) is 20.9. The quantitative estimate of drug-likeness (QED) is 0.0696. The van der Waals surface area contributed by atoms with Gasteiger partial charge in [0.2, 0.25) is 20.0 Å². The number of hydrogen-bond donors (Lipinski definition) is 5. The number of carbonyl (C=O) groups excluding carboxylic acids is 1. The van der Waals surface area contributed by atoms with Crippen molar-refractivity contribution in [2.75, 3.05) is 15.7 Å². The summed E-state index contributed by atoms with van der Waals surface area (Å²) in [6.07, 6.45) is 6.95. The summed E-state index contributed by atoms with van der Waals surface area (Å²) in [7, 11) is -7.34. The van der Waals surface area contributed by atoms with Crippen LogP contribution in [0.5, 0.6) is 0 Å². The van der Waals surface area contributed by atoms with Gasteiger partial charge >= 0.3 is 5.97 Å². The monoisotopic (exact) mass is 986 g/mol. The highest BCUT2D eigenvalue weighted by Gasteiger charge is 2.39. The molecule has 0 radical (unpaired) electrons. The molecule has 0 unspecified atom stereocenters. The minimum absolute atomic E-state index is 0.0325. The van der Waals surface area contributed by atoms with E-state index in [2.05, 4.69) is 44.0 Å². The summed E-state index contributed by atoms with van der Waals surface area (Å²) < 4.78 is 54.9. The van der Waals surface area contributed by atoms with Crippen LogP contribution < -0.4 is 20.5 Å². The Morgan fingerprint density at radius 2 is 0.972 bits per heavy atom. The van der Waals surface area contributed by atoms with E-state index < -0.39 is 31.3 Å². The number of anilines is 2. The first-order valence-corrected chi connectivity index (χ1v) is 27.0. The normalized spacial score (nSPS) is 15.2. The van der Waals surface area contributed by atoms with Crippen molar-refractivity contribution in [3.8, 4) is 22.5 Å². The summed E-state index contributed by atoms with van der Waals surface area (Å²) in [5.41, 5.74) is 11.9. The summed E-state index contributed by atoms with van der Waals surface area (Å²) in [6.45, 7) is 0. The molecule has 3 saturated carbocycles. The number of sulfonamides is 2. The van der Waals surface area contributed by atoms with Crippen molar-refractivity contribution in [1.82, 2.24) is 15.3 Å². The van der Waals surface area contributed by atoms with Crippen LogP contribution in [0.4, 0.5) is 11.4 Å². The topological polar surface area (TPSA) is 211 Å². The van der Waals surface area contributed by atoms with Gasteiger partial charge in [0.25, 0.3) is 5.91 Å². The molecular formula is C56H54N6O7S2. The number of pyridine rings is 2. The van der Waals surface area contributed by atoms with Crippen LogP contribution in [-0.4, -0.2) is 55.3 Å². The Balaban J connectivity index is 0.000000152. The van der Waals surface area contributed by atoms with Gasteiger partial charge in [-0.3, -0.25) is 14.2 Å². The lowest BCUT2D eigenvalue weighted by atomic mass is 9.98. The molecule has 71 heavy (non-hydrogen) atoms. The minimum atomic E-state index is -3.69. The van der Waals surface area contributed by atoms with E-state index in [1.807, 2.05) is 97.1 Å². The number of aromatic nitrogens is 2. The zero-order valence-corrected chi connectivity index (χ0v) is 40.6. The minimum Gasteiger partial charge on any atom is -0.478 e. The van der Waals surface area contributed by atoms with Crippen molar-refractivity contribution in [2.45, 2.75) is 55.9 Å². The molecule has 13 nitrogen and oxygen atoms in total. The maximum absolute atomic E-state index is 14.1. The number of hydrogen-bond acceptors (Lipinski definition) is 9. The van der Waals surface area contributed by atoms with Gasteiger partial charge in [-0.1, -0.05) is 158 Å². The van der Waals surface area contributed by atoms with Crippen molar-refractivity contribution in [1.29, 1.82) is 0 Å². The van der Waals surface area contributed by atoms with Crippen molar-refractivity contribution >= 4 is 65.1 Å². The first kappa shape index (κ1) is 48.6. The number of benzene rings is 6. The largest absolute Gasteiger partial charge is 0.478 e. The number of para-hydroxylation sites is 2. The van der Waals surface area contributed by atoms with Gasteiger partial charge in [-0.05, 0) is 73.6 Å². The molecule has 8 aromatic rings. The fraction of sp³-hybridized carbons (Fsp3) is 0.214. The molecule has 3 aliphatic rings. The standard InChI is InChI=1S/C29H27N3O3S.C17H14N2O4S.C10H13N/c33-29(31-26(21-15-16-21)19-9-3-1-4-10-19)25-23-13-7-8-14-24(23)30-27(20-11-5-2-6-12-20)28(25)32-36(34,35)22-17-18-22;1-24(22,23)19-16-14(17(20)21)12-9-5-6-10-13(12)18-15(16)11-7-3-2-4-8-11;11-10(9-6-7-9)8-4-2-1-3-5-8/h1-14,21-22,26,32H,15-18H2,(H,31,33);2-10,19H,1H3,(H,20,21);1-5,9-10H,6-7,11H2/t26-;;10-/m1.1/s1. The summed E-state index contributed by atoms with van der Waals surface area (Å²) in [5, 5.41) is 13.5. The molecule has 362 valence electrons.